The summed E-state index contributed by atoms with van der Waals surface area (Å²) >= 11 is 3.44. The summed E-state index contributed by atoms with van der Waals surface area (Å²) in [4.78, 5) is 28.2. The highest BCUT2D eigenvalue weighted by atomic mass is 79.9. The second-order valence-corrected chi connectivity index (χ2v) is 11.4. The third-order valence-corrected chi connectivity index (χ3v) is 8.19. The Kier molecular flexibility index (Phi) is 10.3. The average Bonchev–Trinajstić information content (AvgIpc) is 2.93. The van der Waals surface area contributed by atoms with Crippen molar-refractivity contribution in [3.8, 4) is 5.75 Å². The van der Waals surface area contributed by atoms with Gasteiger partial charge in [-0.1, -0.05) is 59.3 Å². The van der Waals surface area contributed by atoms with E-state index < -0.39 is 28.5 Å². The Morgan fingerprint density at radius 2 is 1.71 bits per heavy atom. The third kappa shape index (κ3) is 7.35. The van der Waals surface area contributed by atoms with Crippen molar-refractivity contribution < 1.29 is 22.7 Å². The molecule has 0 radical (unpaired) electrons. The van der Waals surface area contributed by atoms with E-state index in [9.17, 15) is 18.0 Å². The smallest absolute Gasteiger partial charge is 0.264 e. The van der Waals surface area contributed by atoms with Crippen molar-refractivity contribution in [3.05, 3.63) is 88.9 Å². The zero-order valence-corrected chi connectivity index (χ0v) is 24.0. The van der Waals surface area contributed by atoms with Crippen LogP contribution in [0, 0.1) is 0 Å². The van der Waals surface area contributed by atoms with Gasteiger partial charge >= 0.3 is 0 Å². The predicted molar refractivity (Wildman–Crippen MR) is 151 cm³/mol. The predicted octanol–water partition coefficient (Wildman–Crippen LogP) is 4.60. The Balaban J connectivity index is 2.03. The Bertz CT molecular complexity index is 1350. The molecule has 8 nitrogen and oxygen atoms in total. The number of ether oxygens (including phenoxy) is 1. The molecule has 0 unspecified atom stereocenters. The van der Waals surface area contributed by atoms with E-state index in [0.29, 0.717) is 12.3 Å². The van der Waals surface area contributed by atoms with Crippen LogP contribution in [0.4, 0.5) is 5.69 Å². The van der Waals surface area contributed by atoms with Crippen molar-refractivity contribution in [1.29, 1.82) is 0 Å². The van der Waals surface area contributed by atoms with Crippen molar-refractivity contribution in [2.45, 2.75) is 37.8 Å². The van der Waals surface area contributed by atoms with E-state index in [0.717, 1.165) is 20.8 Å². The maximum Gasteiger partial charge on any atom is 0.264 e. The second kappa shape index (κ2) is 13.4. The fourth-order valence-electron chi connectivity index (χ4n) is 3.82. The fourth-order valence-corrected chi connectivity index (χ4v) is 5.70. The van der Waals surface area contributed by atoms with Crippen LogP contribution in [0.1, 0.15) is 25.8 Å². The zero-order chi connectivity index (χ0) is 27.7. The Morgan fingerprint density at radius 3 is 2.37 bits per heavy atom. The first kappa shape index (κ1) is 29.2. The Hall–Kier alpha value is -3.37. The van der Waals surface area contributed by atoms with Crippen LogP contribution < -0.4 is 14.4 Å². The highest BCUT2D eigenvalue weighted by Crippen LogP contribution is 2.27. The average molecular weight is 603 g/mol. The monoisotopic (exact) mass is 601 g/mol. The zero-order valence-electron chi connectivity index (χ0n) is 21.6. The molecule has 0 aliphatic carbocycles. The minimum atomic E-state index is -4.13. The summed E-state index contributed by atoms with van der Waals surface area (Å²) in [5, 5.41) is 2.83. The minimum absolute atomic E-state index is 0.0443. The number of rotatable bonds is 12. The lowest BCUT2D eigenvalue weighted by Gasteiger charge is -2.32. The van der Waals surface area contributed by atoms with E-state index in [2.05, 4.69) is 21.2 Å². The normalized spacial score (nSPS) is 11.9. The maximum absolute atomic E-state index is 13.9. The van der Waals surface area contributed by atoms with Gasteiger partial charge in [0.05, 0.1) is 17.7 Å². The fraction of sp³-hybridized carbons (Fsp3) is 0.286. The number of hydrogen-bond donors (Lipinski definition) is 1. The van der Waals surface area contributed by atoms with E-state index >= 15 is 0 Å². The van der Waals surface area contributed by atoms with E-state index in [1.165, 1.54) is 24.1 Å². The molecular formula is C28H32BrN3O5S. The minimum Gasteiger partial charge on any atom is -0.497 e. The van der Waals surface area contributed by atoms with Gasteiger partial charge in [0.15, 0.2) is 0 Å². The Morgan fingerprint density at radius 1 is 1.00 bits per heavy atom. The van der Waals surface area contributed by atoms with Gasteiger partial charge in [0.25, 0.3) is 10.0 Å². The molecule has 1 atom stereocenters. The highest BCUT2D eigenvalue weighted by Gasteiger charge is 2.32. The first-order valence-electron chi connectivity index (χ1n) is 12.2. The lowest BCUT2D eigenvalue weighted by Crippen LogP contribution is -2.51. The molecule has 38 heavy (non-hydrogen) atoms. The van der Waals surface area contributed by atoms with Crippen LogP contribution in [-0.4, -0.2) is 51.4 Å². The molecule has 3 aromatic carbocycles. The van der Waals surface area contributed by atoms with Crippen LogP contribution in [0.2, 0.25) is 0 Å². The molecule has 0 aliphatic heterocycles. The number of benzene rings is 3. The van der Waals surface area contributed by atoms with Gasteiger partial charge < -0.3 is 15.0 Å². The number of halogens is 1. The van der Waals surface area contributed by atoms with Gasteiger partial charge in [-0.25, -0.2) is 8.42 Å². The van der Waals surface area contributed by atoms with Crippen LogP contribution >= 0.6 is 15.9 Å². The topological polar surface area (TPSA) is 96.0 Å². The summed E-state index contributed by atoms with van der Waals surface area (Å²) in [5.41, 5.74) is 1.06. The summed E-state index contributed by atoms with van der Waals surface area (Å²) in [6.07, 6.45) is 0.747. The lowest BCUT2D eigenvalue weighted by molar-refractivity contribution is -0.139. The molecule has 0 heterocycles. The molecule has 3 rings (SSSR count). The molecule has 0 bridgehead atoms. The number of sulfonamides is 1. The maximum atomic E-state index is 13.9. The quantitative estimate of drug-likeness (QED) is 0.327. The second-order valence-electron chi connectivity index (χ2n) is 8.64. The number of hydrogen-bond acceptors (Lipinski definition) is 5. The molecule has 0 aromatic heterocycles. The first-order valence-corrected chi connectivity index (χ1v) is 14.4. The number of carbonyl (C=O) groups excluding carboxylic acids is 2. The molecule has 0 saturated carbocycles. The molecule has 1 N–H and O–H groups in total. The summed E-state index contributed by atoms with van der Waals surface area (Å²) in [5.74, 6) is -0.387. The van der Waals surface area contributed by atoms with Crippen molar-refractivity contribution in [2.24, 2.45) is 0 Å². The molecule has 2 amide bonds. The number of carbonyl (C=O) groups is 2. The van der Waals surface area contributed by atoms with Crippen LogP contribution in [-0.2, 0) is 26.2 Å². The van der Waals surface area contributed by atoms with Gasteiger partial charge in [-0.2, -0.15) is 0 Å². The molecule has 0 saturated heterocycles. The summed E-state index contributed by atoms with van der Waals surface area (Å²) in [6.45, 7) is 3.67. The summed E-state index contributed by atoms with van der Waals surface area (Å²) < 4.78 is 34.7. The number of methoxy groups -OCH3 is 1. The number of nitrogens with zero attached hydrogens (tertiary/aromatic N) is 2. The molecule has 0 aliphatic rings. The van der Waals surface area contributed by atoms with E-state index in [4.69, 9.17) is 4.74 Å². The SMILES string of the molecule is CCCNC(=O)[C@@H](C)N(Cc1cccc(Br)c1)C(=O)CN(c1cccc(OC)c1)S(=O)(=O)c1ccccc1. The largest absolute Gasteiger partial charge is 0.497 e. The third-order valence-electron chi connectivity index (χ3n) is 5.91. The van der Waals surface area contributed by atoms with Gasteiger partial charge in [-0.15, -0.1) is 0 Å². The molecule has 10 heteroatoms. The van der Waals surface area contributed by atoms with Crippen molar-refractivity contribution in [2.75, 3.05) is 24.5 Å². The van der Waals surface area contributed by atoms with Crippen LogP contribution in [0.5, 0.6) is 5.75 Å². The van der Waals surface area contributed by atoms with E-state index in [-0.39, 0.29) is 23.0 Å². The highest BCUT2D eigenvalue weighted by molar-refractivity contribution is 9.10. The van der Waals surface area contributed by atoms with Crippen molar-refractivity contribution in [3.63, 3.8) is 0 Å². The molecule has 202 valence electrons. The standard InChI is InChI=1S/C28H32BrN3O5S/c1-4-16-30-28(34)21(2)31(19-22-10-8-11-23(29)17-22)27(33)20-32(24-12-9-13-25(18-24)37-3)38(35,36)26-14-6-5-7-15-26/h5-15,17-18,21H,4,16,19-20H2,1-3H3,(H,30,34)/t21-/m1/s1. The number of anilines is 1. The number of amides is 2. The van der Waals surface area contributed by atoms with Crippen LogP contribution in [0.3, 0.4) is 0 Å². The van der Waals surface area contributed by atoms with Gasteiger partial charge in [0, 0.05) is 23.6 Å². The van der Waals surface area contributed by atoms with Gasteiger partial charge in [-0.05, 0) is 55.3 Å². The van der Waals surface area contributed by atoms with Crippen LogP contribution in [0.25, 0.3) is 0 Å². The Labute approximate surface area is 232 Å². The summed E-state index contributed by atoms with van der Waals surface area (Å²) in [6, 6.07) is 21.0. The lowest BCUT2D eigenvalue weighted by atomic mass is 10.1. The van der Waals surface area contributed by atoms with Gasteiger partial charge in [0.1, 0.15) is 18.3 Å². The van der Waals surface area contributed by atoms with Crippen molar-refractivity contribution >= 4 is 43.5 Å². The van der Waals surface area contributed by atoms with E-state index in [1.54, 1.807) is 49.4 Å². The molecule has 0 fully saturated rings. The first-order chi connectivity index (χ1) is 18.2. The van der Waals surface area contributed by atoms with Crippen LogP contribution in [0.15, 0.2) is 88.2 Å². The van der Waals surface area contributed by atoms with Gasteiger partial charge in [-0.3, -0.25) is 13.9 Å². The van der Waals surface area contributed by atoms with Gasteiger partial charge in [0.2, 0.25) is 11.8 Å². The van der Waals surface area contributed by atoms with E-state index in [1.807, 2.05) is 31.2 Å². The molecule has 3 aromatic rings. The van der Waals surface area contributed by atoms with Crippen molar-refractivity contribution in [1.82, 2.24) is 10.2 Å². The molecular weight excluding hydrogens is 570 g/mol. The molecule has 0 spiro atoms. The summed E-state index contributed by atoms with van der Waals surface area (Å²) in [7, 11) is -2.64. The number of nitrogens with one attached hydrogen (secondary N) is 1.